The van der Waals surface area contributed by atoms with Gasteiger partial charge in [-0.25, -0.2) is 0 Å². The summed E-state index contributed by atoms with van der Waals surface area (Å²) >= 11 is 0. The summed E-state index contributed by atoms with van der Waals surface area (Å²) in [4.78, 5) is 2.33. The molecule has 0 N–H and O–H groups in total. The third-order valence-electron chi connectivity index (χ3n) is 1.77. The van der Waals surface area contributed by atoms with Gasteiger partial charge in [0, 0.05) is 25.2 Å². The Morgan fingerprint density at radius 1 is 1.30 bits per heavy atom. The normalized spacial score (nSPS) is 15.6. The van der Waals surface area contributed by atoms with Gasteiger partial charge in [0.25, 0.3) is 0 Å². The summed E-state index contributed by atoms with van der Waals surface area (Å²) in [6, 6.07) is 0. The van der Waals surface area contributed by atoms with E-state index in [2.05, 4.69) is 43.4 Å². The van der Waals surface area contributed by atoms with Crippen molar-refractivity contribution in [2.45, 2.75) is 13.8 Å². The Balaban J connectivity index is 2.52. The van der Waals surface area contributed by atoms with Gasteiger partial charge in [0.2, 0.25) is 0 Å². The second kappa shape index (κ2) is 3.45. The second-order valence-corrected chi connectivity index (χ2v) is 2.32. The quantitative estimate of drug-likeness (QED) is 0.573. The monoisotopic (exact) mass is 136 g/mol. The van der Waals surface area contributed by atoms with Crippen LogP contribution in [-0.2, 0) is 0 Å². The second-order valence-electron chi connectivity index (χ2n) is 2.32. The molecule has 55 valence electrons. The highest BCUT2D eigenvalue weighted by Gasteiger charge is 2.03. The van der Waals surface area contributed by atoms with Gasteiger partial charge in [-0.2, -0.15) is 0 Å². The van der Waals surface area contributed by atoms with Crippen molar-refractivity contribution in [3.63, 3.8) is 0 Å². The largest absolute Gasteiger partial charge is 0.372 e. The Kier molecular flexibility index (Phi) is 2.55. The summed E-state index contributed by atoms with van der Waals surface area (Å²) in [5.74, 6) is 0. The number of allylic oxidation sites excluding steroid dienone is 3. The highest BCUT2D eigenvalue weighted by molar-refractivity contribution is 5.32. The molecule has 1 aliphatic carbocycles. The first kappa shape index (κ1) is 7.39. The number of rotatable bonds is 3. The predicted molar refractivity (Wildman–Crippen MR) is 44.4 cm³/mol. The first-order valence-corrected chi connectivity index (χ1v) is 3.85. The van der Waals surface area contributed by atoms with E-state index in [-0.39, 0.29) is 0 Å². The van der Waals surface area contributed by atoms with Crippen LogP contribution in [0.5, 0.6) is 0 Å². The zero-order valence-corrected chi connectivity index (χ0v) is 6.67. The van der Waals surface area contributed by atoms with Crippen molar-refractivity contribution in [2.24, 2.45) is 0 Å². The highest BCUT2D eigenvalue weighted by Crippen LogP contribution is 2.12. The summed E-state index contributed by atoms with van der Waals surface area (Å²) in [5, 5.41) is 0. The molecule has 1 rings (SSSR count). The molecule has 0 heterocycles. The third-order valence-corrected chi connectivity index (χ3v) is 1.77. The smallest absolute Gasteiger partial charge is 0.0328 e. The van der Waals surface area contributed by atoms with Crippen molar-refractivity contribution in [3.8, 4) is 0 Å². The molecule has 0 aromatic carbocycles. The van der Waals surface area contributed by atoms with Gasteiger partial charge in [-0.15, -0.1) is 0 Å². The van der Waals surface area contributed by atoms with Crippen LogP contribution in [0.2, 0.25) is 0 Å². The minimum atomic E-state index is 1.10. The standard InChI is InChI=1S/C9H14N/c1-3-10(4-2)9-7-5-6-8-9/h5-8H,3-4H2,1-2H3. The molecule has 0 atom stereocenters. The van der Waals surface area contributed by atoms with Crippen molar-refractivity contribution in [2.75, 3.05) is 13.1 Å². The minimum Gasteiger partial charge on any atom is -0.372 e. The van der Waals surface area contributed by atoms with Gasteiger partial charge in [-0.1, -0.05) is 12.2 Å². The fourth-order valence-electron chi connectivity index (χ4n) is 1.16. The Morgan fingerprint density at radius 3 is 2.40 bits per heavy atom. The van der Waals surface area contributed by atoms with Crippen LogP contribution in [0.15, 0.2) is 23.9 Å². The molecule has 0 aliphatic heterocycles. The van der Waals surface area contributed by atoms with E-state index in [0.717, 1.165) is 13.1 Å². The fraction of sp³-hybridized carbons (Fsp3) is 0.444. The number of hydrogen-bond acceptors (Lipinski definition) is 1. The van der Waals surface area contributed by atoms with E-state index in [4.69, 9.17) is 0 Å². The number of nitrogens with zero attached hydrogens (tertiary/aromatic N) is 1. The Bertz CT molecular complexity index is 152. The van der Waals surface area contributed by atoms with E-state index in [0.29, 0.717) is 0 Å². The summed E-state index contributed by atoms with van der Waals surface area (Å²) < 4.78 is 0. The highest BCUT2D eigenvalue weighted by atomic mass is 15.1. The van der Waals surface area contributed by atoms with Crippen molar-refractivity contribution < 1.29 is 0 Å². The van der Waals surface area contributed by atoms with Crippen molar-refractivity contribution >= 4 is 0 Å². The summed E-state index contributed by atoms with van der Waals surface area (Å²) in [6.07, 6.45) is 8.45. The Morgan fingerprint density at radius 2 is 2.00 bits per heavy atom. The molecular weight excluding hydrogens is 122 g/mol. The molecule has 1 heteroatoms. The SMILES string of the molecule is CCN(CC)C1=C[CH]C=C1. The molecule has 0 amide bonds. The average molecular weight is 136 g/mol. The lowest BCUT2D eigenvalue weighted by Gasteiger charge is -2.20. The predicted octanol–water partition coefficient (Wildman–Crippen LogP) is 1.99. The molecule has 0 spiro atoms. The van der Waals surface area contributed by atoms with Gasteiger partial charge in [-0.05, 0) is 19.9 Å². The molecule has 1 radical (unpaired) electrons. The van der Waals surface area contributed by atoms with Crippen molar-refractivity contribution in [1.29, 1.82) is 0 Å². The third kappa shape index (κ3) is 1.41. The molecule has 0 unspecified atom stereocenters. The van der Waals surface area contributed by atoms with Crippen LogP contribution < -0.4 is 0 Å². The van der Waals surface area contributed by atoms with E-state index in [1.807, 2.05) is 0 Å². The van der Waals surface area contributed by atoms with Crippen LogP contribution >= 0.6 is 0 Å². The van der Waals surface area contributed by atoms with Gasteiger partial charge in [0.1, 0.15) is 0 Å². The van der Waals surface area contributed by atoms with Crippen LogP contribution in [0.3, 0.4) is 0 Å². The molecule has 1 nitrogen and oxygen atoms in total. The van der Waals surface area contributed by atoms with E-state index < -0.39 is 0 Å². The molecular formula is C9H14N. The zero-order chi connectivity index (χ0) is 7.40. The van der Waals surface area contributed by atoms with Crippen LogP contribution in [0, 0.1) is 6.42 Å². The van der Waals surface area contributed by atoms with Gasteiger partial charge in [-0.3, -0.25) is 0 Å². The summed E-state index contributed by atoms with van der Waals surface area (Å²) in [6.45, 7) is 6.55. The molecule has 1 aliphatic rings. The summed E-state index contributed by atoms with van der Waals surface area (Å²) in [5.41, 5.74) is 1.34. The lowest BCUT2D eigenvalue weighted by Crippen LogP contribution is -2.20. The Hall–Kier alpha value is -0.720. The topological polar surface area (TPSA) is 3.24 Å². The van der Waals surface area contributed by atoms with Crippen LogP contribution in [0.4, 0.5) is 0 Å². The maximum Gasteiger partial charge on any atom is 0.0328 e. The van der Waals surface area contributed by atoms with Crippen LogP contribution in [0.1, 0.15) is 13.8 Å². The van der Waals surface area contributed by atoms with Crippen molar-refractivity contribution in [3.05, 3.63) is 30.3 Å². The molecule has 0 saturated heterocycles. The van der Waals surface area contributed by atoms with E-state index in [9.17, 15) is 0 Å². The van der Waals surface area contributed by atoms with Crippen molar-refractivity contribution in [1.82, 2.24) is 4.90 Å². The summed E-state index contributed by atoms with van der Waals surface area (Å²) in [7, 11) is 0. The molecule has 0 bridgehead atoms. The van der Waals surface area contributed by atoms with Gasteiger partial charge >= 0.3 is 0 Å². The van der Waals surface area contributed by atoms with Crippen LogP contribution in [0.25, 0.3) is 0 Å². The lowest BCUT2D eigenvalue weighted by molar-refractivity contribution is 0.395. The lowest BCUT2D eigenvalue weighted by atomic mass is 10.4. The van der Waals surface area contributed by atoms with Gasteiger partial charge in [0.15, 0.2) is 0 Å². The fourth-order valence-corrected chi connectivity index (χ4v) is 1.16. The number of likely N-dealkylation sites (N-methyl/N-ethyl adjacent to an activating group) is 1. The maximum absolute atomic E-state index is 2.33. The molecule has 0 aromatic rings. The molecule has 0 fully saturated rings. The van der Waals surface area contributed by atoms with E-state index >= 15 is 0 Å². The first-order valence-electron chi connectivity index (χ1n) is 3.85. The van der Waals surface area contributed by atoms with Crippen LogP contribution in [-0.4, -0.2) is 18.0 Å². The maximum atomic E-state index is 2.33. The average Bonchev–Trinajstić information content (AvgIpc) is 2.43. The van der Waals surface area contributed by atoms with Gasteiger partial charge < -0.3 is 4.90 Å². The van der Waals surface area contributed by atoms with E-state index in [1.54, 1.807) is 0 Å². The minimum absolute atomic E-state index is 1.10. The number of hydrogen-bond donors (Lipinski definition) is 0. The molecule has 10 heavy (non-hydrogen) atoms. The van der Waals surface area contributed by atoms with Gasteiger partial charge in [0.05, 0.1) is 0 Å². The molecule has 0 saturated carbocycles. The van der Waals surface area contributed by atoms with E-state index in [1.165, 1.54) is 5.70 Å². The molecule has 0 aromatic heterocycles. The zero-order valence-electron chi connectivity index (χ0n) is 6.67. The Labute approximate surface area is 63.0 Å². The first-order chi connectivity index (χ1) is 4.88.